The Bertz CT molecular complexity index is 1060. The second kappa shape index (κ2) is 12.6. The first-order valence-electron chi connectivity index (χ1n) is 10.3. The SMILES string of the molecule is COc1ccc(/C=C/C(=O)N[C@@H](C)C(=O)OCC(=O)Nc2cc(NC(C)=O)ccc2OC)cc1. The van der Waals surface area contributed by atoms with Crippen molar-refractivity contribution in [3.8, 4) is 11.5 Å². The van der Waals surface area contributed by atoms with Crippen LogP contribution in [0.25, 0.3) is 6.08 Å². The molecule has 0 radical (unpaired) electrons. The van der Waals surface area contributed by atoms with Crippen LogP contribution in [0, 0.1) is 0 Å². The molecule has 2 rings (SSSR count). The molecule has 0 heterocycles. The largest absolute Gasteiger partial charge is 0.497 e. The average Bonchev–Trinajstić information content (AvgIpc) is 2.81. The van der Waals surface area contributed by atoms with Gasteiger partial charge >= 0.3 is 5.97 Å². The monoisotopic (exact) mass is 469 g/mol. The Hall–Kier alpha value is -4.34. The number of anilines is 2. The molecule has 2 aromatic carbocycles. The number of hydrogen-bond donors (Lipinski definition) is 3. The molecule has 0 bridgehead atoms. The zero-order valence-electron chi connectivity index (χ0n) is 19.3. The molecule has 0 spiro atoms. The van der Waals surface area contributed by atoms with Gasteiger partial charge in [-0.25, -0.2) is 4.79 Å². The van der Waals surface area contributed by atoms with Gasteiger partial charge in [-0.05, 0) is 48.9 Å². The Balaban J connectivity index is 1.85. The molecule has 0 saturated heterocycles. The van der Waals surface area contributed by atoms with Gasteiger partial charge in [0, 0.05) is 18.7 Å². The maximum atomic E-state index is 12.2. The molecule has 10 heteroatoms. The molecule has 0 aliphatic carbocycles. The summed E-state index contributed by atoms with van der Waals surface area (Å²) in [5.74, 6) is -1.11. The van der Waals surface area contributed by atoms with E-state index in [4.69, 9.17) is 14.2 Å². The summed E-state index contributed by atoms with van der Waals surface area (Å²) in [7, 11) is 2.99. The Morgan fingerprint density at radius 2 is 1.68 bits per heavy atom. The minimum absolute atomic E-state index is 0.272. The molecule has 2 aromatic rings. The lowest BCUT2D eigenvalue weighted by Crippen LogP contribution is -2.39. The van der Waals surface area contributed by atoms with E-state index in [1.165, 1.54) is 33.1 Å². The number of carbonyl (C=O) groups excluding carboxylic acids is 4. The molecule has 180 valence electrons. The van der Waals surface area contributed by atoms with Gasteiger partial charge in [-0.1, -0.05) is 12.1 Å². The number of carbonyl (C=O) groups is 4. The van der Waals surface area contributed by atoms with Crippen LogP contribution < -0.4 is 25.4 Å². The molecule has 34 heavy (non-hydrogen) atoms. The summed E-state index contributed by atoms with van der Waals surface area (Å²) in [6.07, 6.45) is 2.87. The zero-order chi connectivity index (χ0) is 25.1. The van der Waals surface area contributed by atoms with Gasteiger partial charge < -0.3 is 30.2 Å². The van der Waals surface area contributed by atoms with E-state index in [0.717, 1.165) is 5.56 Å². The fourth-order valence-electron chi connectivity index (χ4n) is 2.74. The smallest absolute Gasteiger partial charge is 0.328 e. The minimum atomic E-state index is -0.974. The fourth-order valence-corrected chi connectivity index (χ4v) is 2.74. The number of amides is 3. The predicted molar refractivity (Wildman–Crippen MR) is 127 cm³/mol. The maximum Gasteiger partial charge on any atom is 0.328 e. The first-order valence-corrected chi connectivity index (χ1v) is 10.3. The standard InChI is InChI=1S/C24H27N3O7/c1-15(25-22(29)12-7-17-5-9-19(32-3)10-6-17)24(31)34-14-23(30)27-20-13-18(26-16(2)28)8-11-21(20)33-4/h5-13,15H,14H2,1-4H3,(H,25,29)(H,26,28)(H,27,30)/b12-7+/t15-/m0/s1. The van der Waals surface area contributed by atoms with Gasteiger partial charge in [0.2, 0.25) is 11.8 Å². The number of esters is 1. The fraction of sp³-hybridized carbons (Fsp3) is 0.250. The lowest BCUT2D eigenvalue weighted by molar-refractivity contribution is -0.149. The molecule has 0 aliphatic rings. The Morgan fingerprint density at radius 1 is 0.971 bits per heavy atom. The molecule has 0 fully saturated rings. The van der Waals surface area contributed by atoms with Crippen molar-refractivity contribution >= 4 is 41.1 Å². The summed E-state index contributed by atoms with van der Waals surface area (Å²) in [4.78, 5) is 47.7. The topological polar surface area (TPSA) is 132 Å². The summed E-state index contributed by atoms with van der Waals surface area (Å²) in [5, 5.41) is 7.63. The van der Waals surface area contributed by atoms with Crippen LogP contribution in [-0.4, -0.2) is 50.6 Å². The Morgan fingerprint density at radius 3 is 2.29 bits per heavy atom. The number of nitrogens with one attached hydrogen (secondary N) is 3. The third kappa shape index (κ3) is 8.30. The quantitative estimate of drug-likeness (QED) is 0.359. The molecule has 3 N–H and O–H groups in total. The zero-order valence-corrected chi connectivity index (χ0v) is 19.3. The third-order valence-electron chi connectivity index (χ3n) is 4.39. The lowest BCUT2D eigenvalue weighted by atomic mass is 10.2. The van der Waals surface area contributed by atoms with Crippen LogP contribution in [0.3, 0.4) is 0 Å². The molecule has 0 aliphatic heterocycles. The van der Waals surface area contributed by atoms with Crippen LogP contribution in [0.15, 0.2) is 48.5 Å². The van der Waals surface area contributed by atoms with Crippen molar-refractivity contribution in [1.82, 2.24) is 5.32 Å². The highest BCUT2D eigenvalue weighted by molar-refractivity contribution is 5.97. The number of ether oxygens (including phenoxy) is 3. The van der Waals surface area contributed by atoms with Crippen molar-refractivity contribution < 1.29 is 33.4 Å². The van der Waals surface area contributed by atoms with E-state index in [1.807, 2.05) is 0 Å². The summed E-state index contributed by atoms with van der Waals surface area (Å²) < 4.78 is 15.2. The van der Waals surface area contributed by atoms with Gasteiger partial charge in [0.15, 0.2) is 6.61 Å². The van der Waals surface area contributed by atoms with E-state index in [1.54, 1.807) is 49.6 Å². The number of methoxy groups -OCH3 is 2. The molecule has 0 unspecified atom stereocenters. The number of rotatable bonds is 10. The molecular weight excluding hydrogens is 442 g/mol. The number of hydrogen-bond acceptors (Lipinski definition) is 7. The van der Waals surface area contributed by atoms with E-state index in [2.05, 4.69) is 16.0 Å². The normalized spacial score (nSPS) is 11.3. The van der Waals surface area contributed by atoms with Gasteiger partial charge in [-0.3, -0.25) is 14.4 Å². The van der Waals surface area contributed by atoms with Gasteiger partial charge in [0.1, 0.15) is 17.5 Å². The number of benzene rings is 2. The first-order chi connectivity index (χ1) is 16.2. The van der Waals surface area contributed by atoms with Crippen molar-refractivity contribution in [3.63, 3.8) is 0 Å². The van der Waals surface area contributed by atoms with Crippen molar-refractivity contribution in [2.75, 3.05) is 31.5 Å². The summed E-state index contributed by atoms with van der Waals surface area (Å²) in [5.41, 5.74) is 1.53. The average molecular weight is 469 g/mol. The highest BCUT2D eigenvalue weighted by atomic mass is 16.5. The summed E-state index contributed by atoms with van der Waals surface area (Å²) in [6, 6.07) is 10.8. The van der Waals surface area contributed by atoms with Gasteiger partial charge in [0.25, 0.3) is 5.91 Å². The van der Waals surface area contributed by atoms with Crippen LogP contribution >= 0.6 is 0 Å². The predicted octanol–water partition coefficient (Wildman–Crippen LogP) is 2.36. The van der Waals surface area contributed by atoms with Gasteiger partial charge in [-0.15, -0.1) is 0 Å². The molecule has 1 atom stereocenters. The molecular formula is C24H27N3O7. The lowest BCUT2D eigenvalue weighted by Gasteiger charge is -2.14. The minimum Gasteiger partial charge on any atom is -0.497 e. The van der Waals surface area contributed by atoms with Crippen LogP contribution in [0.2, 0.25) is 0 Å². The van der Waals surface area contributed by atoms with Crippen LogP contribution in [-0.2, 0) is 23.9 Å². The second-order valence-corrected chi connectivity index (χ2v) is 7.09. The van der Waals surface area contributed by atoms with E-state index >= 15 is 0 Å². The third-order valence-corrected chi connectivity index (χ3v) is 4.39. The highest BCUT2D eigenvalue weighted by Crippen LogP contribution is 2.27. The maximum absolute atomic E-state index is 12.2. The van der Waals surface area contributed by atoms with Gasteiger partial charge in [-0.2, -0.15) is 0 Å². The Kier molecular flexibility index (Phi) is 9.63. The summed E-state index contributed by atoms with van der Waals surface area (Å²) >= 11 is 0. The first kappa shape index (κ1) is 25.9. The van der Waals surface area contributed by atoms with E-state index in [9.17, 15) is 19.2 Å². The molecule has 0 saturated carbocycles. The van der Waals surface area contributed by atoms with E-state index < -0.39 is 30.4 Å². The molecule has 0 aromatic heterocycles. The Labute approximate surface area is 197 Å². The highest BCUT2D eigenvalue weighted by Gasteiger charge is 2.18. The van der Waals surface area contributed by atoms with Crippen LogP contribution in [0.4, 0.5) is 11.4 Å². The van der Waals surface area contributed by atoms with Gasteiger partial charge in [0.05, 0.1) is 19.9 Å². The van der Waals surface area contributed by atoms with Crippen molar-refractivity contribution in [2.24, 2.45) is 0 Å². The van der Waals surface area contributed by atoms with Crippen LogP contribution in [0.1, 0.15) is 19.4 Å². The van der Waals surface area contributed by atoms with Crippen molar-refractivity contribution in [1.29, 1.82) is 0 Å². The molecule has 10 nitrogen and oxygen atoms in total. The summed E-state index contributed by atoms with van der Waals surface area (Å²) in [6.45, 7) is 2.23. The van der Waals surface area contributed by atoms with Crippen LogP contribution in [0.5, 0.6) is 11.5 Å². The van der Waals surface area contributed by atoms with Crippen molar-refractivity contribution in [3.05, 3.63) is 54.1 Å². The van der Waals surface area contributed by atoms with E-state index in [0.29, 0.717) is 22.9 Å². The van der Waals surface area contributed by atoms with Crippen molar-refractivity contribution in [2.45, 2.75) is 19.9 Å². The second-order valence-electron chi connectivity index (χ2n) is 7.09. The van der Waals surface area contributed by atoms with E-state index in [-0.39, 0.29) is 5.91 Å². The molecule has 3 amide bonds.